The predicted molar refractivity (Wildman–Crippen MR) is 82.6 cm³/mol. The Hall–Kier alpha value is -1.30. The second kappa shape index (κ2) is 6.22. The highest BCUT2D eigenvalue weighted by Crippen LogP contribution is 2.34. The van der Waals surface area contributed by atoms with Crippen molar-refractivity contribution in [2.75, 3.05) is 40.5 Å². The summed E-state index contributed by atoms with van der Waals surface area (Å²) in [7, 11) is 4.37. The summed E-state index contributed by atoms with van der Waals surface area (Å²) < 4.78 is 10.8. The van der Waals surface area contributed by atoms with Crippen molar-refractivity contribution in [2.24, 2.45) is 5.73 Å². The van der Waals surface area contributed by atoms with E-state index in [1.54, 1.807) is 0 Å². The van der Waals surface area contributed by atoms with Crippen molar-refractivity contribution < 1.29 is 9.47 Å². The van der Waals surface area contributed by atoms with Crippen LogP contribution < -0.4 is 15.2 Å². The monoisotopic (exact) mass is 291 g/mol. The molecule has 0 aliphatic carbocycles. The molecular formula is C16H25N3O2. The van der Waals surface area contributed by atoms with Crippen LogP contribution >= 0.6 is 0 Å². The number of likely N-dealkylation sites (tertiary alicyclic amines) is 1. The van der Waals surface area contributed by atoms with E-state index in [0.717, 1.165) is 30.2 Å². The summed E-state index contributed by atoms with van der Waals surface area (Å²) in [4.78, 5) is 4.79. The zero-order chi connectivity index (χ0) is 14.8. The van der Waals surface area contributed by atoms with Crippen LogP contribution in [0.5, 0.6) is 11.5 Å². The molecule has 0 radical (unpaired) electrons. The largest absolute Gasteiger partial charge is 0.454 e. The average molecular weight is 291 g/mol. The van der Waals surface area contributed by atoms with E-state index < -0.39 is 0 Å². The number of hydrogen-bond acceptors (Lipinski definition) is 5. The molecule has 0 saturated carbocycles. The zero-order valence-electron chi connectivity index (χ0n) is 12.9. The van der Waals surface area contributed by atoms with Gasteiger partial charge in [-0.2, -0.15) is 0 Å². The molecule has 2 atom stereocenters. The molecule has 2 aliphatic heterocycles. The number of piperidine rings is 1. The Balaban J connectivity index is 1.61. The van der Waals surface area contributed by atoms with Crippen molar-refractivity contribution >= 4 is 0 Å². The number of hydrogen-bond donors (Lipinski definition) is 1. The van der Waals surface area contributed by atoms with Gasteiger partial charge in [-0.05, 0) is 51.2 Å². The van der Waals surface area contributed by atoms with Gasteiger partial charge in [0, 0.05) is 25.2 Å². The molecule has 5 heteroatoms. The summed E-state index contributed by atoms with van der Waals surface area (Å²) in [6.07, 6.45) is 2.53. The third kappa shape index (κ3) is 3.31. The van der Waals surface area contributed by atoms with Gasteiger partial charge < -0.3 is 25.0 Å². The van der Waals surface area contributed by atoms with Gasteiger partial charge in [0.25, 0.3) is 0 Å². The van der Waals surface area contributed by atoms with E-state index in [4.69, 9.17) is 15.2 Å². The van der Waals surface area contributed by atoms with E-state index in [2.05, 4.69) is 23.9 Å². The minimum absolute atomic E-state index is 0.00303. The Morgan fingerprint density at radius 2 is 2.19 bits per heavy atom. The molecule has 2 unspecified atom stereocenters. The predicted octanol–water partition coefficient (Wildman–Crippen LogP) is 1.44. The van der Waals surface area contributed by atoms with Gasteiger partial charge in [0.1, 0.15) is 0 Å². The fraction of sp³-hybridized carbons (Fsp3) is 0.625. The lowest BCUT2D eigenvalue weighted by Gasteiger charge is -2.37. The number of likely N-dealkylation sites (N-methyl/N-ethyl adjacent to an activating group) is 2. The molecule has 1 saturated heterocycles. The summed E-state index contributed by atoms with van der Waals surface area (Å²) >= 11 is 0. The summed E-state index contributed by atoms with van der Waals surface area (Å²) in [6.45, 7) is 3.50. The van der Waals surface area contributed by atoms with Gasteiger partial charge in [-0.25, -0.2) is 0 Å². The number of ether oxygens (including phenoxy) is 2. The van der Waals surface area contributed by atoms with Crippen LogP contribution in [-0.4, -0.2) is 56.4 Å². The van der Waals surface area contributed by atoms with Crippen molar-refractivity contribution in [2.45, 2.75) is 24.9 Å². The van der Waals surface area contributed by atoms with Crippen LogP contribution in [0.2, 0.25) is 0 Å². The maximum absolute atomic E-state index is 6.38. The van der Waals surface area contributed by atoms with Crippen molar-refractivity contribution in [3.63, 3.8) is 0 Å². The highest BCUT2D eigenvalue weighted by Gasteiger charge is 2.23. The van der Waals surface area contributed by atoms with Crippen molar-refractivity contribution in [1.82, 2.24) is 9.80 Å². The Bertz CT molecular complexity index is 494. The number of nitrogens with two attached hydrogens (primary N) is 1. The van der Waals surface area contributed by atoms with Crippen molar-refractivity contribution in [3.05, 3.63) is 23.8 Å². The molecule has 0 amide bonds. The number of fused-ring (bicyclic) bond motifs is 1. The third-order valence-electron chi connectivity index (χ3n) is 4.53. The summed E-state index contributed by atoms with van der Waals surface area (Å²) in [6, 6.07) is 6.60. The molecule has 3 rings (SSSR count). The second-order valence-corrected chi connectivity index (χ2v) is 6.22. The minimum Gasteiger partial charge on any atom is -0.454 e. The second-order valence-electron chi connectivity index (χ2n) is 6.22. The zero-order valence-corrected chi connectivity index (χ0v) is 12.9. The third-order valence-corrected chi connectivity index (χ3v) is 4.53. The van der Waals surface area contributed by atoms with E-state index >= 15 is 0 Å². The van der Waals surface area contributed by atoms with Gasteiger partial charge in [0.15, 0.2) is 11.5 Å². The highest BCUT2D eigenvalue weighted by molar-refractivity contribution is 5.45. The summed E-state index contributed by atoms with van der Waals surface area (Å²) in [5.41, 5.74) is 7.49. The quantitative estimate of drug-likeness (QED) is 0.910. The molecule has 1 fully saturated rings. The molecule has 1 aromatic rings. The van der Waals surface area contributed by atoms with Gasteiger partial charge in [-0.3, -0.25) is 0 Å². The van der Waals surface area contributed by atoms with Crippen LogP contribution in [0.15, 0.2) is 18.2 Å². The van der Waals surface area contributed by atoms with Gasteiger partial charge in [0.2, 0.25) is 6.79 Å². The lowest BCUT2D eigenvalue weighted by atomic mass is 10.0. The van der Waals surface area contributed by atoms with Crippen LogP contribution in [0.25, 0.3) is 0 Å². The lowest BCUT2D eigenvalue weighted by Crippen LogP contribution is -2.46. The Kier molecular flexibility index (Phi) is 4.33. The number of nitrogens with zero attached hydrogens (tertiary/aromatic N) is 2. The van der Waals surface area contributed by atoms with E-state index in [0.29, 0.717) is 12.8 Å². The molecule has 116 valence electrons. The first-order valence-corrected chi connectivity index (χ1v) is 7.67. The van der Waals surface area contributed by atoms with Gasteiger partial charge in [-0.15, -0.1) is 0 Å². The normalized spacial score (nSPS) is 23.5. The van der Waals surface area contributed by atoms with Crippen molar-refractivity contribution in [1.29, 1.82) is 0 Å². The molecule has 2 heterocycles. The summed E-state index contributed by atoms with van der Waals surface area (Å²) in [5.74, 6) is 1.62. The Morgan fingerprint density at radius 1 is 1.38 bits per heavy atom. The molecular weight excluding hydrogens is 266 g/mol. The van der Waals surface area contributed by atoms with Gasteiger partial charge in [0.05, 0.1) is 0 Å². The Morgan fingerprint density at radius 3 is 3.00 bits per heavy atom. The molecule has 0 aromatic heterocycles. The van der Waals surface area contributed by atoms with Gasteiger partial charge >= 0.3 is 0 Å². The maximum atomic E-state index is 6.38. The SMILES string of the molecule is CN1CCCC(N(C)CC(N)c2ccc3c(c2)OCO3)C1. The molecule has 0 bridgehead atoms. The van der Waals surface area contributed by atoms with E-state index in [-0.39, 0.29) is 6.04 Å². The molecule has 1 aromatic carbocycles. The topological polar surface area (TPSA) is 51.0 Å². The van der Waals surface area contributed by atoms with Crippen LogP contribution in [0.3, 0.4) is 0 Å². The fourth-order valence-corrected chi connectivity index (χ4v) is 3.21. The first-order chi connectivity index (χ1) is 10.1. The fourth-order valence-electron chi connectivity index (χ4n) is 3.21. The van der Waals surface area contributed by atoms with Crippen molar-refractivity contribution in [3.8, 4) is 11.5 Å². The highest BCUT2D eigenvalue weighted by atomic mass is 16.7. The molecule has 5 nitrogen and oxygen atoms in total. The summed E-state index contributed by atoms with van der Waals surface area (Å²) in [5, 5.41) is 0. The van der Waals surface area contributed by atoms with Crippen LogP contribution in [0.4, 0.5) is 0 Å². The average Bonchev–Trinajstić information content (AvgIpc) is 2.94. The molecule has 0 spiro atoms. The molecule has 21 heavy (non-hydrogen) atoms. The van der Waals surface area contributed by atoms with E-state index in [1.165, 1.54) is 19.4 Å². The number of rotatable bonds is 4. The maximum Gasteiger partial charge on any atom is 0.231 e. The van der Waals surface area contributed by atoms with Crippen LogP contribution in [-0.2, 0) is 0 Å². The smallest absolute Gasteiger partial charge is 0.231 e. The minimum atomic E-state index is -0.00303. The number of benzene rings is 1. The first-order valence-electron chi connectivity index (χ1n) is 7.67. The molecule has 2 N–H and O–H groups in total. The van der Waals surface area contributed by atoms with Crippen LogP contribution in [0, 0.1) is 0 Å². The Labute approximate surface area is 126 Å². The van der Waals surface area contributed by atoms with Crippen LogP contribution in [0.1, 0.15) is 24.4 Å². The molecule has 2 aliphatic rings. The van der Waals surface area contributed by atoms with E-state index in [9.17, 15) is 0 Å². The van der Waals surface area contributed by atoms with E-state index in [1.807, 2.05) is 18.2 Å². The first kappa shape index (κ1) is 14.6. The van der Waals surface area contributed by atoms with Gasteiger partial charge in [-0.1, -0.05) is 6.07 Å². The lowest BCUT2D eigenvalue weighted by molar-refractivity contribution is 0.129. The standard InChI is InChI=1S/C16H25N3O2/c1-18-7-3-4-13(9-18)19(2)10-14(17)12-5-6-15-16(8-12)21-11-20-15/h5-6,8,13-14H,3-4,7,9-11,17H2,1-2H3.